The molecule has 4 heteroatoms. The topological polar surface area (TPSA) is 17.8 Å². The summed E-state index contributed by atoms with van der Waals surface area (Å²) < 4.78 is 2.12. The van der Waals surface area contributed by atoms with Gasteiger partial charge in [0.2, 0.25) is 0 Å². The van der Waals surface area contributed by atoms with Crippen LogP contribution in [0.3, 0.4) is 0 Å². The van der Waals surface area contributed by atoms with Crippen molar-refractivity contribution in [1.82, 2.24) is 9.55 Å². The molecule has 3 rings (SSSR count). The van der Waals surface area contributed by atoms with Crippen molar-refractivity contribution in [2.45, 2.75) is 20.3 Å². The number of aromatic nitrogens is 2. The van der Waals surface area contributed by atoms with Crippen molar-refractivity contribution >= 4 is 34.2 Å². The lowest BCUT2D eigenvalue weighted by molar-refractivity contribution is 0.912. The van der Waals surface area contributed by atoms with Crippen LogP contribution in [-0.2, 0) is 6.42 Å². The molecule has 0 atom stereocenters. The third-order valence-corrected chi connectivity index (χ3v) is 4.11. The monoisotopic (exact) mass is 318 g/mol. The summed E-state index contributed by atoms with van der Waals surface area (Å²) in [7, 11) is 0. The molecule has 21 heavy (non-hydrogen) atoms. The Balaban J connectivity index is 2.33. The van der Waals surface area contributed by atoms with Gasteiger partial charge in [-0.2, -0.15) is 0 Å². The molecule has 2 aromatic carbocycles. The van der Waals surface area contributed by atoms with Crippen molar-refractivity contribution in [3.63, 3.8) is 0 Å². The van der Waals surface area contributed by atoms with Crippen LogP contribution in [0.1, 0.15) is 17.0 Å². The SMILES string of the molecule is Cc1ccc(-n2c(CCCl)nc3c(C)cccc32)c(Cl)c1. The zero-order valence-electron chi connectivity index (χ0n) is 12.0. The first kappa shape index (κ1) is 14.4. The number of rotatable bonds is 3. The maximum Gasteiger partial charge on any atom is 0.115 e. The van der Waals surface area contributed by atoms with Gasteiger partial charge in [0, 0.05) is 12.3 Å². The van der Waals surface area contributed by atoms with E-state index in [0.717, 1.165) is 38.7 Å². The molecule has 0 bridgehead atoms. The molecule has 108 valence electrons. The molecule has 1 heterocycles. The Kier molecular flexibility index (Phi) is 3.92. The highest BCUT2D eigenvalue weighted by Crippen LogP contribution is 2.29. The summed E-state index contributed by atoms with van der Waals surface area (Å²) in [6.45, 7) is 4.10. The van der Waals surface area contributed by atoms with Crippen LogP contribution in [-0.4, -0.2) is 15.4 Å². The van der Waals surface area contributed by atoms with E-state index in [-0.39, 0.29) is 0 Å². The van der Waals surface area contributed by atoms with E-state index in [4.69, 9.17) is 28.2 Å². The first-order valence-corrected chi connectivity index (χ1v) is 7.82. The van der Waals surface area contributed by atoms with Crippen molar-refractivity contribution in [2.75, 3.05) is 5.88 Å². The second-order valence-electron chi connectivity index (χ2n) is 5.20. The zero-order valence-corrected chi connectivity index (χ0v) is 13.5. The Morgan fingerprint density at radius 2 is 1.95 bits per heavy atom. The lowest BCUT2D eigenvalue weighted by Gasteiger charge is -2.11. The summed E-state index contributed by atoms with van der Waals surface area (Å²) in [5, 5.41) is 0.728. The highest BCUT2D eigenvalue weighted by molar-refractivity contribution is 6.32. The summed E-state index contributed by atoms with van der Waals surface area (Å²) in [6, 6.07) is 12.3. The minimum Gasteiger partial charge on any atom is -0.295 e. The molecule has 0 fully saturated rings. The quantitative estimate of drug-likeness (QED) is 0.616. The predicted octanol–water partition coefficient (Wildman–Crippen LogP) is 5.08. The third-order valence-electron chi connectivity index (χ3n) is 3.62. The molecule has 0 aliphatic heterocycles. The van der Waals surface area contributed by atoms with Gasteiger partial charge in [0.25, 0.3) is 0 Å². The maximum absolute atomic E-state index is 6.45. The highest BCUT2D eigenvalue weighted by atomic mass is 35.5. The lowest BCUT2D eigenvalue weighted by Crippen LogP contribution is -2.03. The van der Waals surface area contributed by atoms with Gasteiger partial charge in [0.05, 0.1) is 21.7 Å². The van der Waals surface area contributed by atoms with E-state index in [9.17, 15) is 0 Å². The van der Waals surface area contributed by atoms with Crippen LogP contribution in [0.2, 0.25) is 5.02 Å². The minimum absolute atomic E-state index is 0.534. The molecule has 1 aromatic heterocycles. The Morgan fingerprint density at radius 1 is 1.14 bits per heavy atom. The zero-order chi connectivity index (χ0) is 15.0. The van der Waals surface area contributed by atoms with Gasteiger partial charge in [-0.25, -0.2) is 4.98 Å². The lowest BCUT2D eigenvalue weighted by atomic mass is 10.2. The van der Waals surface area contributed by atoms with Gasteiger partial charge >= 0.3 is 0 Å². The fraction of sp³-hybridized carbons (Fsp3) is 0.235. The molecule has 3 aromatic rings. The molecule has 0 saturated heterocycles. The minimum atomic E-state index is 0.534. The molecule has 0 aliphatic rings. The van der Waals surface area contributed by atoms with Crippen LogP contribution in [0.15, 0.2) is 36.4 Å². The van der Waals surface area contributed by atoms with Gasteiger partial charge in [0.15, 0.2) is 0 Å². The summed E-state index contributed by atoms with van der Waals surface area (Å²) in [6.07, 6.45) is 0.708. The molecule has 0 radical (unpaired) electrons. The molecular formula is C17H16Cl2N2. The normalized spacial score (nSPS) is 11.2. The number of para-hydroxylation sites is 1. The number of hydrogen-bond donors (Lipinski definition) is 0. The Labute approximate surface area is 134 Å². The van der Waals surface area contributed by atoms with Crippen LogP contribution in [0.25, 0.3) is 16.7 Å². The average Bonchev–Trinajstić information content (AvgIpc) is 2.79. The molecule has 0 N–H and O–H groups in total. The van der Waals surface area contributed by atoms with Crippen LogP contribution in [0.4, 0.5) is 0 Å². The average molecular weight is 319 g/mol. The van der Waals surface area contributed by atoms with Crippen LogP contribution in [0.5, 0.6) is 0 Å². The first-order chi connectivity index (χ1) is 10.1. The Morgan fingerprint density at radius 3 is 2.67 bits per heavy atom. The Hall–Kier alpha value is -1.51. The number of alkyl halides is 1. The molecule has 0 amide bonds. The van der Waals surface area contributed by atoms with Crippen LogP contribution in [0, 0.1) is 13.8 Å². The van der Waals surface area contributed by atoms with Gasteiger partial charge in [-0.3, -0.25) is 4.57 Å². The van der Waals surface area contributed by atoms with Gasteiger partial charge in [0.1, 0.15) is 5.82 Å². The van der Waals surface area contributed by atoms with E-state index < -0.39 is 0 Å². The molecule has 2 nitrogen and oxygen atoms in total. The number of nitrogens with zero attached hydrogens (tertiary/aromatic N) is 2. The van der Waals surface area contributed by atoms with Crippen LogP contribution >= 0.6 is 23.2 Å². The molecule has 0 unspecified atom stereocenters. The van der Waals surface area contributed by atoms with Gasteiger partial charge in [-0.1, -0.05) is 29.8 Å². The molecular weight excluding hydrogens is 303 g/mol. The fourth-order valence-electron chi connectivity index (χ4n) is 2.60. The van der Waals surface area contributed by atoms with Gasteiger partial charge in [-0.15, -0.1) is 11.6 Å². The second-order valence-corrected chi connectivity index (χ2v) is 5.99. The van der Waals surface area contributed by atoms with E-state index >= 15 is 0 Å². The van der Waals surface area contributed by atoms with Gasteiger partial charge < -0.3 is 0 Å². The van der Waals surface area contributed by atoms with Crippen molar-refractivity contribution < 1.29 is 0 Å². The van der Waals surface area contributed by atoms with Crippen LogP contribution < -0.4 is 0 Å². The van der Waals surface area contributed by atoms with Crippen molar-refractivity contribution in [1.29, 1.82) is 0 Å². The largest absolute Gasteiger partial charge is 0.295 e. The molecule has 0 aliphatic carbocycles. The Bertz CT molecular complexity index is 806. The maximum atomic E-state index is 6.45. The number of fused-ring (bicyclic) bond motifs is 1. The number of aryl methyl sites for hydroxylation is 3. The van der Waals surface area contributed by atoms with E-state index in [0.29, 0.717) is 12.3 Å². The third kappa shape index (κ3) is 2.54. The summed E-state index contributed by atoms with van der Waals surface area (Å²) >= 11 is 12.4. The highest BCUT2D eigenvalue weighted by Gasteiger charge is 2.15. The predicted molar refractivity (Wildman–Crippen MR) is 90.0 cm³/mol. The summed E-state index contributed by atoms with van der Waals surface area (Å²) in [4.78, 5) is 4.76. The van der Waals surface area contributed by atoms with Crippen molar-refractivity contribution in [2.24, 2.45) is 0 Å². The number of benzene rings is 2. The first-order valence-electron chi connectivity index (χ1n) is 6.91. The van der Waals surface area contributed by atoms with E-state index in [1.165, 1.54) is 0 Å². The van der Waals surface area contributed by atoms with E-state index in [1.807, 2.05) is 25.1 Å². The van der Waals surface area contributed by atoms with Crippen molar-refractivity contribution in [3.05, 3.63) is 58.4 Å². The van der Waals surface area contributed by atoms with Gasteiger partial charge in [-0.05, 0) is 43.2 Å². The summed E-state index contributed by atoms with van der Waals surface area (Å²) in [5.74, 6) is 1.48. The smallest absolute Gasteiger partial charge is 0.115 e. The van der Waals surface area contributed by atoms with Crippen molar-refractivity contribution in [3.8, 4) is 5.69 Å². The van der Waals surface area contributed by atoms with E-state index in [1.54, 1.807) is 0 Å². The fourth-order valence-corrected chi connectivity index (χ4v) is 3.09. The molecule has 0 spiro atoms. The number of imidazole rings is 1. The number of hydrogen-bond acceptors (Lipinski definition) is 1. The standard InChI is InChI=1S/C17H16Cl2N2/c1-11-6-7-14(13(19)10-11)21-15-5-3-4-12(2)17(15)20-16(21)8-9-18/h3-7,10H,8-9H2,1-2H3. The summed E-state index contributed by atoms with van der Waals surface area (Å²) in [5.41, 5.74) is 5.33. The second kappa shape index (κ2) is 5.70. The number of halogens is 2. The van der Waals surface area contributed by atoms with E-state index in [2.05, 4.69) is 29.7 Å². The molecule has 0 saturated carbocycles.